The maximum atomic E-state index is 5.13. The highest BCUT2D eigenvalue weighted by molar-refractivity contribution is 7.16. The van der Waals surface area contributed by atoms with E-state index in [4.69, 9.17) is 4.74 Å². The predicted molar refractivity (Wildman–Crippen MR) is 90.3 cm³/mol. The van der Waals surface area contributed by atoms with Gasteiger partial charge in [-0.2, -0.15) is 0 Å². The smallest absolute Gasteiger partial charge is 0.158 e. The zero-order valence-electron chi connectivity index (χ0n) is 12.6. The van der Waals surface area contributed by atoms with Crippen molar-refractivity contribution < 1.29 is 4.74 Å². The van der Waals surface area contributed by atoms with Crippen molar-refractivity contribution in [3.63, 3.8) is 0 Å². The Kier molecular flexibility index (Phi) is 3.64. The van der Waals surface area contributed by atoms with Crippen molar-refractivity contribution in [1.82, 2.24) is 24.5 Å². The summed E-state index contributed by atoms with van der Waals surface area (Å²) in [4.78, 5) is 16.6. The molecule has 6 nitrogen and oxygen atoms in total. The number of ether oxygens (including phenoxy) is 1. The lowest BCUT2D eigenvalue weighted by Gasteiger charge is -2.05. The minimum Gasteiger partial charge on any atom is -0.383 e. The number of nitrogens with zero attached hydrogens (tertiary/aromatic N) is 4. The predicted octanol–water partition coefficient (Wildman–Crippen LogP) is 3.20. The molecule has 1 aromatic carbocycles. The van der Waals surface area contributed by atoms with Crippen LogP contribution in [0.4, 0.5) is 0 Å². The van der Waals surface area contributed by atoms with Gasteiger partial charge < -0.3 is 14.3 Å². The first kappa shape index (κ1) is 14.1. The molecule has 0 radical (unpaired) electrons. The van der Waals surface area contributed by atoms with E-state index in [0.29, 0.717) is 6.61 Å². The molecule has 0 atom stereocenters. The van der Waals surface area contributed by atoms with Crippen LogP contribution in [-0.2, 0) is 11.3 Å². The van der Waals surface area contributed by atoms with Crippen LogP contribution in [0.2, 0.25) is 0 Å². The standard InChI is InChI=1S/C16H15N5OS/c1-22-7-6-21-5-4-17-16(21)13-9-18-15(20-13)11-2-3-14-12(8-11)19-10-23-14/h2-5,8-10H,6-7H2,1H3,(H,18,20). The molecule has 0 saturated heterocycles. The van der Waals surface area contributed by atoms with Gasteiger partial charge in [-0.05, 0) is 18.2 Å². The van der Waals surface area contributed by atoms with Gasteiger partial charge in [0.05, 0.1) is 28.5 Å². The highest BCUT2D eigenvalue weighted by Gasteiger charge is 2.11. The molecule has 0 aliphatic rings. The number of hydrogen-bond acceptors (Lipinski definition) is 5. The van der Waals surface area contributed by atoms with Crippen LogP contribution in [0.3, 0.4) is 0 Å². The summed E-state index contributed by atoms with van der Waals surface area (Å²) in [5, 5.41) is 0. The van der Waals surface area contributed by atoms with Crippen LogP contribution in [0.1, 0.15) is 0 Å². The second-order valence-corrected chi connectivity index (χ2v) is 6.00. The van der Waals surface area contributed by atoms with Gasteiger partial charge in [-0.15, -0.1) is 11.3 Å². The number of methoxy groups -OCH3 is 1. The monoisotopic (exact) mass is 325 g/mol. The number of fused-ring (bicyclic) bond motifs is 1. The molecule has 0 bridgehead atoms. The number of imidazole rings is 2. The third-order valence-electron chi connectivity index (χ3n) is 3.67. The first-order valence-corrected chi connectivity index (χ1v) is 8.12. The molecule has 0 spiro atoms. The summed E-state index contributed by atoms with van der Waals surface area (Å²) in [5.41, 5.74) is 4.76. The topological polar surface area (TPSA) is 68.6 Å². The Labute approximate surface area is 136 Å². The van der Waals surface area contributed by atoms with E-state index in [9.17, 15) is 0 Å². The number of aromatic amines is 1. The molecule has 4 aromatic rings. The maximum absolute atomic E-state index is 5.13. The molecule has 116 valence electrons. The van der Waals surface area contributed by atoms with Crippen LogP contribution in [-0.4, -0.2) is 38.2 Å². The molecule has 7 heteroatoms. The lowest BCUT2D eigenvalue weighted by molar-refractivity contribution is 0.187. The number of hydrogen-bond donors (Lipinski definition) is 1. The van der Waals surface area contributed by atoms with Gasteiger partial charge in [-0.1, -0.05) is 0 Å². The summed E-state index contributed by atoms with van der Waals surface area (Å²) in [5.74, 6) is 1.67. The van der Waals surface area contributed by atoms with Gasteiger partial charge in [0.2, 0.25) is 0 Å². The SMILES string of the molecule is COCCn1ccnc1-c1cnc(-c2ccc3scnc3c2)[nH]1. The summed E-state index contributed by atoms with van der Waals surface area (Å²) in [6.07, 6.45) is 5.54. The first-order chi connectivity index (χ1) is 11.3. The number of H-pyrrole nitrogens is 1. The summed E-state index contributed by atoms with van der Waals surface area (Å²) in [6, 6.07) is 6.18. The van der Waals surface area contributed by atoms with Crippen molar-refractivity contribution >= 4 is 21.6 Å². The fourth-order valence-corrected chi connectivity index (χ4v) is 3.17. The number of rotatable bonds is 5. The Balaban J connectivity index is 1.67. The van der Waals surface area contributed by atoms with E-state index >= 15 is 0 Å². The number of thiazole rings is 1. The van der Waals surface area contributed by atoms with Crippen molar-refractivity contribution in [1.29, 1.82) is 0 Å². The van der Waals surface area contributed by atoms with Gasteiger partial charge in [0.1, 0.15) is 11.5 Å². The molecule has 0 amide bonds. The Morgan fingerprint density at radius 1 is 1.26 bits per heavy atom. The van der Waals surface area contributed by atoms with Gasteiger partial charge in [-0.25, -0.2) is 15.0 Å². The molecule has 23 heavy (non-hydrogen) atoms. The van der Waals surface area contributed by atoms with Crippen LogP contribution in [0, 0.1) is 0 Å². The van der Waals surface area contributed by atoms with E-state index in [1.165, 1.54) is 4.70 Å². The van der Waals surface area contributed by atoms with Crippen molar-refractivity contribution in [3.05, 3.63) is 42.3 Å². The van der Waals surface area contributed by atoms with Gasteiger partial charge in [-0.3, -0.25) is 0 Å². The molecule has 0 aliphatic carbocycles. The molecular formula is C16H15N5OS. The molecular weight excluding hydrogens is 310 g/mol. The zero-order chi connectivity index (χ0) is 15.6. The Bertz CT molecular complexity index is 939. The fraction of sp³-hybridized carbons (Fsp3) is 0.188. The molecule has 1 N–H and O–H groups in total. The molecule has 3 aromatic heterocycles. The van der Waals surface area contributed by atoms with E-state index in [0.717, 1.165) is 35.0 Å². The van der Waals surface area contributed by atoms with E-state index in [-0.39, 0.29) is 0 Å². The Morgan fingerprint density at radius 3 is 3.13 bits per heavy atom. The van der Waals surface area contributed by atoms with Crippen molar-refractivity contribution in [2.24, 2.45) is 0 Å². The lowest BCUT2D eigenvalue weighted by atomic mass is 10.2. The average molecular weight is 325 g/mol. The van der Waals surface area contributed by atoms with Crippen molar-refractivity contribution in [3.8, 4) is 22.9 Å². The molecule has 3 heterocycles. The van der Waals surface area contributed by atoms with Crippen molar-refractivity contribution in [2.75, 3.05) is 13.7 Å². The molecule has 0 aliphatic heterocycles. The van der Waals surface area contributed by atoms with Crippen LogP contribution in [0.25, 0.3) is 33.1 Å². The second-order valence-electron chi connectivity index (χ2n) is 5.12. The van der Waals surface area contributed by atoms with Crippen LogP contribution >= 0.6 is 11.3 Å². The molecule has 0 unspecified atom stereocenters. The molecule has 0 fully saturated rings. The quantitative estimate of drug-likeness (QED) is 0.612. The Morgan fingerprint density at radius 2 is 2.22 bits per heavy atom. The van der Waals surface area contributed by atoms with Crippen LogP contribution in [0.5, 0.6) is 0 Å². The van der Waals surface area contributed by atoms with E-state index in [1.54, 1.807) is 24.6 Å². The van der Waals surface area contributed by atoms with Gasteiger partial charge in [0.25, 0.3) is 0 Å². The van der Waals surface area contributed by atoms with Crippen LogP contribution in [0.15, 0.2) is 42.3 Å². The summed E-state index contributed by atoms with van der Waals surface area (Å²) < 4.78 is 8.36. The fourth-order valence-electron chi connectivity index (χ4n) is 2.51. The maximum Gasteiger partial charge on any atom is 0.158 e. The lowest BCUT2D eigenvalue weighted by Crippen LogP contribution is -2.05. The Hall–Kier alpha value is -2.51. The van der Waals surface area contributed by atoms with Crippen LogP contribution < -0.4 is 0 Å². The number of benzene rings is 1. The van der Waals surface area contributed by atoms with E-state index in [2.05, 4.69) is 32.1 Å². The minimum absolute atomic E-state index is 0.644. The van der Waals surface area contributed by atoms with E-state index < -0.39 is 0 Å². The van der Waals surface area contributed by atoms with Gasteiger partial charge in [0, 0.05) is 31.6 Å². The number of nitrogens with one attached hydrogen (secondary N) is 1. The minimum atomic E-state index is 0.644. The normalized spacial score (nSPS) is 11.3. The van der Waals surface area contributed by atoms with Crippen molar-refractivity contribution in [2.45, 2.75) is 6.54 Å². The molecule has 0 saturated carbocycles. The molecule has 4 rings (SSSR count). The van der Waals surface area contributed by atoms with E-state index in [1.807, 2.05) is 28.5 Å². The summed E-state index contributed by atoms with van der Waals surface area (Å²) in [6.45, 7) is 1.40. The summed E-state index contributed by atoms with van der Waals surface area (Å²) >= 11 is 1.64. The first-order valence-electron chi connectivity index (χ1n) is 7.24. The van der Waals surface area contributed by atoms with Gasteiger partial charge in [0.15, 0.2) is 5.82 Å². The summed E-state index contributed by atoms with van der Waals surface area (Å²) in [7, 11) is 1.69. The van der Waals surface area contributed by atoms with Gasteiger partial charge >= 0.3 is 0 Å². The zero-order valence-corrected chi connectivity index (χ0v) is 13.4. The third kappa shape index (κ3) is 2.64. The third-order valence-corrected chi connectivity index (χ3v) is 4.48. The average Bonchev–Trinajstić information content (AvgIpc) is 3.30. The largest absolute Gasteiger partial charge is 0.383 e. The highest BCUT2D eigenvalue weighted by Crippen LogP contribution is 2.25. The second kappa shape index (κ2) is 5.94. The highest BCUT2D eigenvalue weighted by atomic mass is 32.1. The number of aromatic nitrogens is 5.